The molecule has 4 saturated carbocycles. The third-order valence-electron chi connectivity index (χ3n) is 16.3. The average molecular weight is 1070 g/mol. The van der Waals surface area contributed by atoms with Crippen LogP contribution in [-0.4, -0.2) is 68.9 Å². The summed E-state index contributed by atoms with van der Waals surface area (Å²) in [6.07, 6.45) is 16.2. The first-order valence-corrected chi connectivity index (χ1v) is 28.8. The van der Waals surface area contributed by atoms with Crippen LogP contribution in [0.2, 0.25) is 0 Å². The molecule has 12 heteroatoms. The van der Waals surface area contributed by atoms with Gasteiger partial charge in [0.25, 0.3) is 0 Å². The molecule has 4 aromatic rings. The van der Waals surface area contributed by atoms with E-state index in [0.29, 0.717) is 6.42 Å². The Morgan fingerprint density at radius 1 is 0.359 bits per heavy atom. The number of nitrogens with one attached hydrogen (secondary N) is 4. The number of aryl methyl sites for hydroxylation is 4. The summed E-state index contributed by atoms with van der Waals surface area (Å²) in [5.74, 6) is 0.434. The Balaban J connectivity index is 0.000000192. The number of hydrogen-bond donors (Lipinski definition) is 4. The highest BCUT2D eigenvalue weighted by atomic mass is 16.2. The van der Waals surface area contributed by atoms with E-state index in [4.69, 9.17) is 0 Å². The SMILES string of the molecule is CC(=O)C1(NC(=O)CCCc2ccccc2)CC1.CCC(CCc1ccccc1)C(=O)NC1(C(C)=O)CC1.CC[C@@H](CCc1ccccc1)C(=O)NC1(C(C)=O)CC1.CC[C@H](CCc1ccccc1)C(=O)NC1(C(C)=O)CC1. The van der Waals surface area contributed by atoms with E-state index in [1.54, 1.807) is 27.7 Å². The van der Waals surface area contributed by atoms with Gasteiger partial charge in [-0.25, -0.2) is 0 Å². The largest absolute Gasteiger partial charge is 0.344 e. The Labute approximate surface area is 464 Å². The molecule has 12 nitrogen and oxygen atoms in total. The number of benzene rings is 4. The summed E-state index contributed by atoms with van der Waals surface area (Å²) >= 11 is 0. The van der Waals surface area contributed by atoms with Crippen molar-refractivity contribution in [3.05, 3.63) is 144 Å². The quantitative estimate of drug-likeness (QED) is 0.0455. The van der Waals surface area contributed by atoms with Crippen LogP contribution < -0.4 is 21.3 Å². The molecule has 0 spiro atoms. The average Bonchev–Trinajstić information content (AvgIpc) is 4.23. The van der Waals surface area contributed by atoms with Crippen LogP contribution >= 0.6 is 0 Å². The Bertz CT molecular complexity index is 2370. The summed E-state index contributed by atoms with van der Waals surface area (Å²) in [4.78, 5) is 94.6. The van der Waals surface area contributed by atoms with Crippen LogP contribution in [0.3, 0.4) is 0 Å². The smallest absolute Gasteiger partial charge is 0.223 e. The monoisotopic (exact) mass is 1060 g/mol. The van der Waals surface area contributed by atoms with Gasteiger partial charge in [0.05, 0.1) is 22.2 Å². The van der Waals surface area contributed by atoms with Crippen LogP contribution in [0.1, 0.15) is 173 Å². The third kappa shape index (κ3) is 19.7. The predicted octanol–water partition coefficient (Wildman–Crippen LogP) is 10.9. The molecule has 1 unspecified atom stereocenters. The summed E-state index contributed by atoms with van der Waals surface area (Å²) in [5.41, 5.74) is 2.91. The van der Waals surface area contributed by atoms with E-state index in [2.05, 4.69) is 69.8 Å². The van der Waals surface area contributed by atoms with Gasteiger partial charge in [-0.05, 0) is 172 Å². The van der Waals surface area contributed by atoms with Gasteiger partial charge >= 0.3 is 0 Å². The fraction of sp³-hybridized carbons (Fsp3) is 0.515. The number of amides is 4. The second-order valence-electron chi connectivity index (χ2n) is 22.3. The zero-order valence-corrected chi connectivity index (χ0v) is 47.7. The number of hydrogen-bond acceptors (Lipinski definition) is 8. The summed E-state index contributed by atoms with van der Waals surface area (Å²) in [7, 11) is 0. The maximum Gasteiger partial charge on any atom is 0.223 e. The molecule has 4 aliphatic rings. The van der Waals surface area contributed by atoms with Crippen molar-refractivity contribution in [2.75, 3.05) is 0 Å². The van der Waals surface area contributed by atoms with E-state index < -0.39 is 22.2 Å². The molecule has 0 radical (unpaired) electrons. The van der Waals surface area contributed by atoms with Crippen molar-refractivity contribution in [1.82, 2.24) is 21.3 Å². The molecule has 78 heavy (non-hydrogen) atoms. The number of ketones is 4. The van der Waals surface area contributed by atoms with E-state index in [9.17, 15) is 38.4 Å². The number of Topliss-reactive ketones (excluding diaryl/α,β-unsaturated/α-hetero) is 4. The summed E-state index contributed by atoms with van der Waals surface area (Å²) in [5, 5.41) is 11.8. The summed E-state index contributed by atoms with van der Waals surface area (Å²) < 4.78 is 0. The van der Waals surface area contributed by atoms with E-state index in [1.807, 2.05) is 93.6 Å². The van der Waals surface area contributed by atoms with E-state index in [-0.39, 0.29) is 64.5 Å². The topological polar surface area (TPSA) is 185 Å². The van der Waals surface area contributed by atoms with Crippen molar-refractivity contribution in [1.29, 1.82) is 0 Å². The molecular weight excluding hydrogens is 977 g/mol. The molecule has 4 N–H and O–H groups in total. The van der Waals surface area contributed by atoms with Crippen molar-refractivity contribution in [3.8, 4) is 0 Å². The zero-order chi connectivity index (χ0) is 56.8. The van der Waals surface area contributed by atoms with Crippen LogP contribution in [0.4, 0.5) is 0 Å². The van der Waals surface area contributed by atoms with E-state index >= 15 is 0 Å². The fourth-order valence-corrected chi connectivity index (χ4v) is 9.72. The van der Waals surface area contributed by atoms with Crippen molar-refractivity contribution in [2.24, 2.45) is 17.8 Å². The zero-order valence-electron chi connectivity index (χ0n) is 47.7. The van der Waals surface area contributed by atoms with Gasteiger partial charge < -0.3 is 21.3 Å². The lowest BCUT2D eigenvalue weighted by Gasteiger charge is -2.19. The minimum atomic E-state index is -0.531. The van der Waals surface area contributed by atoms with Crippen LogP contribution in [0.25, 0.3) is 0 Å². The summed E-state index contributed by atoms with van der Waals surface area (Å²) in [6.45, 7) is 12.3. The van der Waals surface area contributed by atoms with Gasteiger partial charge in [-0.3, -0.25) is 38.4 Å². The van der Waals surface area contributed by atoms with Crippen molar-refractivity contribution < 1.29 is 38.4 Å². The molecule has 0 heterocycles. The standard InChI is InChI=1S/3C17H23NO2.C15H19NO2/c3*1-3-15(10-9-14-7-5-4-6-8-14)16(20)18-17(11-12-17)13(2)19;1-12(17)15(10-11-15)16-14(18)9-5-8-13-6-3-2-4-7-13/h3*4-8,15H,3,9-12H2,1-2H3,(H,18,20);2-4,6-7H,5,8-11H2,1H3,(H,16,18)/t2*15-;;/m10../s1. The first-order valence-electron chi connectivity index (χ1n) is 28.8. The molecule has 0 bridgehead atoms. The summed E-state index contributed by atoms with van der Waals surface area (Å²) in [6, 6.07) is 40.7. The normalized spacial score (nSPS) is 17.0. The van der Waals surface area contributed by atoms with Gasteiger partial charge in [0, 0.05) is 24.2 Å². The Morgan fingerprint density at radius 2 is 0.590 bits per heavy atom. The second-order valence-corrected chi connectivity index (χ2v) is 22.3. The highest BCUT2D eigenvalue weighted by Gasteiger charge is 2.51. The van der Waals surface area contributed by atoms with Gasteiger partial charge in [0.2, 0.25) is 23.6 Å². The van der Waals surface area contributed by atoms with Crippen LogP contribution in [0.5, 0.6) is 0 Å². The van der Waals surface area contributed by atoms with Crippen LogP contribution in [-0.2, 0) is 64.0 Å². The molecular formula is C66H88N4O8. The number of rotatable bonds is 27. The molecule has 0 saturated heterocycles. The minimum Gasteiger partial charge on any atom is -0.344 e. The Kier molecular flexibility index (Phi) is 23.9. The lowest BCUT2D eigenvalue weighted by atomic mass is 9.95. The lowest BCUT2D eigenvalue weighted by Crippen LogP contribution is -2.44. The van der Waals surface area contributed by atoms with Crippen molar-refractivity contribution in [2.45, 2.75) is 199 Å². The fourth-order valence-electron chi connectivity index (χ4n) is 9.72. The Morgan fingerprint density at radius 3 is 0.808 bits per heavy atom. The van der Waals surface area contributed by atoms with Gasteiger partial charge in [-0.2, -0.15) is 0 Å². The highest BCUT2D eigenvalue weighted by molar-refractivity contribution is 5.96. The van der Waals surface area contributed by atoms with Gasteiger partial charge in [-0.1, -0.05) is 142 Å². The molecule has 420 valence electrons. The maximum absolute atomic E-state index is 12.3. The molecule has 4 amide bonds. The molecule has 3 atom stereocenters. The maximum atomic E-state index is 12.3. The number of carbonyl (C=O) groups is 8. The molecule has 8 rings (SSSR count). The minimum absolute atomic E-state index is 0.00127. The molecule has 0 aliphatic heterocycles. The van der Waals surface area contributed by atoms with E-state index in [0.717, 1.165) is 122 Å². The highest BCUT2D eigenvalue weighted by Crippen LogP contribution is 2.39. The van der Waals surface area contributed by atoms with Crippen molar-refractivity contribution in [3.63, 3.8) is 0 Å². The molecule has 4 fully saturated rings. The number of carbonyl (C=O) groups excluding carboxylic acids is 8. The van der Waals surface area contributed by atoms with E-state index in [1.165, 1.54) is 22.3 Å². The predicted molar refractivity (Wildman–Crippen MR) is 308 cm³/mol. The van der Waals surface area contributed by atoms with Crippen molar-refractivity contribution >= 4 is 46.8 Å². The second kappa shape index (κ2) is 30.0. The molecule has 0 aromatic heterocycles. The molecule has 4 aromatic carbocycles. The third-order valence-corrected chi connectivity index (χ3v) is 16.3. The van der Waals surface area contributed by atoms with Gasteiger partial charge in [0.1, 0.15) is 0 Å². The van der Waals surface area contributed by atoms with Gasteiger partial charge in [-0.15, -0.1) is 0 Å². The first kappa shape index (κ1) is 62.3. The van der Waals surface area contributed by atoms with Crippen LogP contribution in [0.15, 0.2) is 121 Å². The first-order chi connectivity index (χ1) is 37.3. The van der Waals surface area contributed by atoms with Gasteiger partial charge in [0.15, 0.2) is 23.1 Å². The van der Waals surface area contributed by atoms with Crippen LogP contribution in [0, 0.1) is 17.8 Å². The molecule has 4 aliphatic carbocycles. The lowest BCUT2D eigenvalue weighted by molar-refractivity contribution is -0.130. The Hall–Kier alpha value is -6.56.